The van der Waals surface area contributed by atoms with Gasteiger partial charge in [0.2, 0.25) is 0 Å². The molecule has 0 spiro atoms. The molecular formula is C16H16O4. The van der Waals surface area contributed by atoms with Crippen LogP contribution in [0.5, 0.6) is 5.75 Å². The van der Waals surface area contributed by atoms with Crippen molar-refractivity contribution in [2.24, 2.45) is 0 Å². The van der Waals surface area contributed by atoms with Crippen molar-refractivity contribution in [3.8, 4) is 5.75 Å². The maximum absolute atomic E-state index is 11.1. The molecule has 2 rings (SSSR count). The minimum Gasteiger partial charge on any atom is -0.478 e. The molecule has 4 heteroatoms. The molecule has 0 aliphatic rings. The zero-order chi connectivity index (χ0) is 14.4. The van der Waals surface area contributed by atoms with Gasteiger partial charge in [-0.2, -0.15) is 0 Å². The first-order chi connectivity index (χ1) is 9.66. The van der Waals surface area contributed by atoms with Crippen molar-refractivity contribution in [3.05, 3.63) is 65.2 Å². The van der Waals surface area contributed by atoms with E-state index in [9.17, 15) is 4.79 Å². The number of ether oxygens (including phenoxy) is 2. The molecule has 0 amide bonds. The number of rotatable bonds is 6. The van der Waals surface area contributed by atoms with Crippen LogP contribution >= 0.6 is 0 Å². The summed E-state index contributed by atoms with van der Waals surface area (Å²) in [6.45, 7) is 2.32. The average Bonchev–Trinajstić information content (AvgIpc) is 2.44. The first-order valence-corrected chi connectivity index (χ1v) is 6.25. The van der Waals surface area contributed by atoms with Crippen molar-refractivity contribution in [2.75, 3.05) is 6.79 Å². The fraction of sp³-hybridized carbons (Fsp3) is 0.188. The highest BCUT2D eigenvalue weighted by molar-refractivity contribution is 5.90. The van der Waals surface area contributed by atoms with Gasteiger partial charge in [0.05, 0.1) is 6.61 Å². The van der Waals surface area contributed by atoms with E-state index in [1.54, 1.807) is 12.1 Å². The van der Waals surface area contributed by atoms with Crippen LogP contribution in [0.3, 0.4) is 0 Å². The maximum atomic E-state index is 11.1. The molecule has 0 radical (unpaired) electrons. The van der Waals surface area contributed by atoms with E-state index in [1.807, 2.05) is 37.3 Å². The zero-order valence-electron chi connectivity index (χ0n) is 11.2. The van der Waals surface area contributed by atoms with E-state index in [2.05, 4.69) is 0 Å². The smallest absolute Gasteiger partial charge is 0.339 e. The Bertz CT molecular complexity index is 578. The van der Waals surface area contributed by atoms with Crippen molar-refractivity contribution in [2.45, 2.75) is 13.5 Å². The average molecular weight is 272 g/mol. The molecule has 0 bridgehead atoms. The molecule has 0 saturated carbocycles. The molecule has 2 aromatic carbocycles. The van der Waals surface area contributed by atoms with Crippen molar-refractivity contribution in [1.82, 2.24) is 0 Å². The minimum absolute atomic E-state index is 0.0125. The predicted molar refractivity (Wildman–Crippen MR) is 74.9 cm³/mol. The molecule has 20 heavy (non-hydrogen) atoms. The van der Waals surface area contributed by atoms with Crippen LogP contribution in [0, 0.1) is 6.92 Å². The summed E-state index contributed by atoms with van der Waals surface area (Å²) in [7, 11) is 0. The summed E-state index contributed by atoms with van der Waals surface area (Å²) < 4.78 is 10.8. The van der Waals surface area contributed by atoms with Crippen LogP contribution < -0.4 is 4.74 Å². The summed E-state index contributed by atoms with van der Waals surface area (Å²) in [5.74, 6) is -0.686. The van der Waals surface area contributed by atoms with E-state index in [4.69, 9.17) is 14.6 Å². The first-order valence-electron chi connectivity index (χ1n) is 6.25. The van der Waals surface area contributed by atoms with Crippen LogP contribution in [-0.4, -0.2) is 17.9 Å². The third kappa shape index (κ3) is 3.83. The summed E-state index contributed by atoms with van der Waals surface area (Å²) in [5, 5.41) is 9.07. The summed E-state index contributed by atoms with van der Waals surface area (Å²) in [6, 6.07) is 14.7. The highest BCUT2D eigenvalue weighted by Crippen LogP contribution is 2.20. The monoisotopic (exact) mass is 272 g/mol. The second-order valence-corrected chi connectivity index (χ2v) is 4.40. The molecule has 0 aliphatic heterocycles. The van der Waals surface area contributed by atoms with E-state index >= 15 is 0 Å². The molecular weight excluding hydrogens is 256 g/mol. The lowest BCUT2D eigenvalue weighted by Crippen LogP contribution is -2.07. The highest BCUT2D eigenvalue weighted by atomic mass is 16.7. The third-order valence-electron chi connectivity index (χ3n) is 2.78. The Morgan fingerprint density at radius 1 is 1.15 bits per heavy atom. The molecule has 4 nitrogen and oxygen atoms in total. The molecule has 0 heterocycles. The highest BCUT2D eigenvalue weighted by Gasteiger charge is 2.11. The Labute approximate surface area is 117 Å². The lowest BCUT2D eigenvalue weighted by atomic mass is 10.1. The Hall–Kier alpha value is -2.33. The van der Waals surface area contributed by atoms with Crippen LogP contribution in [0.25, 0.3) is 0 Å². The van der Waals surface area contributed by atoms with Gasteiger partial charge in [-0.05, 0) is 30.2 Å². The van der Waals surface area contributed by atoms with Crippen LogP contribution in [0.4, 0.5) is 0 Å². The Balaban J connectivity index is 1.91. The normalized spacial score (nSPS) is 10.2. The molecule has 0 aliphatic carbocycles. The topological polar surface area (TPSA) is 55.8 Å². The molecule has 104 valence electrons. The number of carbonyl (C=O) groups is 1. The molecule has 0 fully saturated rings. The Morgan fingerprint density at radius 3 is 2.60 bits per heavy atom. The molecule has 0 atom stereocenters. The van der Waals surface area contributed by atoms with Crippen molar-refractivity contribution >= 4 is 5.97 Å². The van der Waals surface area contributed by atoms with E-state index in [0.717, 1.165) is 11.1 Å². The van der Waals surface area contributed by atoms with Gasteiger partial charge in [0, 0.05) is 0 Å². The van der Waals surface area contributed by atoms with Gasteiger partial charge in [-0.15, -0.1) is 0 Å². The number of aromatic carboxylic acids is 1. The third-order valence-corrected chi connectivity index (χ3v) is 2.78. The van der Waals surface area contributed by atoms with Gasteiger partial charge in [0.15, 0.2) is 6.79 Å². The van der Waals surface area contributed by atoms with Crippen molar-refractivity contribution < 1.29 is 19.4 Å². The lowest BCUT2D eigenvalue weighted by molar-refractivity contribution is 0.00429. The van der Waals surface area contributed by atoms with Gasteiger partial charge < -0.3 is 14.6 Å². The van der Waals surface area contributed by atoms with Crippen LogP contribution in [0.15, 0.2) is 48.5 Å². The van der Waals surface area contributed by atoms with Gasteiger partial charge in [-0.3, -0.25) is 0 Å². The van der Waals surface area contributed by atoms with Gasteiger partial charge in [0.25, 0.3) is 0 Å². The standard InChI is InChI=1S/C16H16O4/c1-12-7-8-14(16(17)18)15(9-12)20-11-19-10-13-5-3-2-4-6-13/h2-9H,10-11H2,1H3,(H,17,18). The van der Waals surface area contributed by atoms with Gasteiger partial charge in [-0.25, -0.2) is 4.79 Å². The Morgan fingerprint density at radius 2 is 1.90 bits per heavy atom. The summed E-state index contributed by atoms with van der Waals surface area (Å²) >= 11 is 0. The number of hydrogen-bond donors (Lipinski definition) is 1. The number of benzene rings is 2. The second kappa shape index (κ2) is 6.73. The minimum atomic E-state index is -1.01. The number of carboxylic acids is 1. The second-order valence-electron chi connectivity index (χ2n) is 4.40. The van der Waals surface area contributed by atoms with Crippen LogP contribution in [0.2, 0.25) is 0 Å². The first kappa shape index (κ1) is 14.1. The Kier molecular flexibility index (Phi) is 4.74. The summed E-state index contributed by atoms with van der Waals surface area (Å²) in [6.07, 6.45) is 0. The van der Waals surface area contributed by atoms with Crippen LogP contribution in [-0.2, 0) is 11.3 Å². The van der Waals surface area contributed by atoms with E-state index < -0.39 is 5.97 Å². The molecule has 2 aromatic rings. The fourth-order valence-electron chi connectivity index (χ4n) is 1.76. The molecule has 0 aromatic heterocycles. The molecule has 0 saturated heterocycles. The van der Waals surface area contributed by atoms with E-state index in [-0.39, 0.29) is 12.4 Å². The van der Waals surface area contributed by atoms with Crippen LogP contribution in [0.1, 0.15) is 21.5 Å². The molecule has 0 unspecified atom stereocenters. The van der Waals surface area contributed by atoms with Crippen molar-refractivity contribution in [1.29, 1.82) is 0 Å². The number of carboxylic acid groups (broad SMARTS) is 1. The summed E-state index contributed by atoms with van der Waals surface area (Å²) in [4.78, 5) is 11.1. The molecule has 1 N–H and O–H groups in total. The predicted octanol–water partition coefficient (Wildman–Crippen LogP) is 3.25. The van der Waals surface area contributed by atoms with Gasteiger partial charge in [0.1, 0.15) is 11.3 Å². The van der Waals surface area contributed by atoms with E-state index in [0.29, 0.717) is 12.4 Å². The maximum Gasteiger partial charge on any atom is 0.339 e. The SMILES string of the molecule is Cc1ccc(C(=O)O)c(OCOCc2ccccc2)c1. The zero-order valence-corrected chi connectivity index (χ0v) is 11.2. The van der Waals surface area contributed by atoms with Gasteiger partial charge in [-0.1, -0.05) is 36.4 Å². The largest absolute Gasteiger partial charge is 0.478 e. The fourth-order valence-corrected chi connectivity index (χ4v) is 1.76. The van der Waals surface area contributed by atoms with E-state index in [1.165, 1.54) is 6.07 Å². The summed E-state index contributed by atoms with van der Waals surface area (Å²) in [5.41, 5.74) is 2.12. The number of aryl methyl sites for hydroxylation is 1. The number of hydrogen-bond acceptors (Lipinski definition) is 3. The quantitative estimate of drug-likeness (QED) is 0.648. The van der Waals surface area contributed by atoms with Gasteiger partial charge >= 0.3 is 5.97 Å². The van der Waals surface area contributed by atoms with Crippen molar-refractivity contribution in [3.63, 3.8) is 0 Å². The lowest BCUT2D eigenvalue weighted by Gasteiger charge is -2.10.